The SMILES string of the molecule is O=C=NC1CCN(C=O)CC1. The molecular formula is C7H10N2O2. The van der Waals surface area contributed by atoms with E-state index < -0.39 is 0 Å². The molecule has 0 bridgehead atoms. The van der Waals surface area contributed by atoms with Crippen molar-refractivity contribution in [1.82, 2.24) is 4.90 Å². The monoisotopic (exact) mass is 154 g/mol. The second kappa shape index (κ2) is 3.88. The highest BCUT2D eigenvalue weighted by atomic mass is 16.1. The first kappa shape index (κ1) is 7.95. The summed E-state index contributed by atoms with van der Waals surface area (Å²) in [5.74, 6) is 0. The summed E-state index contributed by atoms with van der Waals surface area (Å²) in [4.78, 5) is 25.4. The molecule has 0 unspecified atom stereocenters. The standard InChI is InChI=1S/C7H10N2O2/c10-5-8-7-1-3-9(6-11)4-2-7/h6-7H,1-4H2. The van der Waals surface area contributed by atoms with E-state index in [0.717, 1.165) is 19.3 Å². The zero-order valence-electron chi connectivity index (χ0n) is 6.19. The first-order valence-corrected chi connectivity index (χ1v) is 3.63. The Kier molecular flexibility index (Phi) is 2.81. The summed E-state index contributed by atoms with van der Waals surface area (Å²) in [6.07, 6.45) is 3.94. The van der Waals surface area contributed by atoms with Crippen LogP contribution in [0.15, 0.2) is 4.99 Å². The number of aliphatic imine (C=N–C) groups is 1. The molecule has 4 nitrogen and oxygen atoms in total. The molecule has 0 saturated carbocycles. The third kappa shape index (κ3) is 2.16. The van der Waals surface area contributed by atoms with E-state index in [-0.39, 0.29) is 6.04 Å². The number of isocyanates is 1. The van der Waals surface area contributed by atoms with Crippen molar-refractivity contribution >= 4 is 12.5 Å². The van der Waals surface area contributed by atoms with Gasteiger partial charge in [0, 0.05) is 13.1 Å². The van der Waals surface area contributed by atoms with Crippen LogP contribution in [0.4, 0.5) is 0 Å². The molecule has 1 heterocycles. The van der Waals surface area contributed by atoms with Crippen LogP contribution in [0.25, 0.3) is 0 Å². The summed E-state index contributed by atoms with van der Waals surface area (Å²) in [6.45, 7) is 1.42. The number of piperidine rings is 1. The second-order valence-corrected chi connectivity index (χ2v) is 2.59. The van der Waals surface area contributed by atoms with Crippen LogP contribution in [0.1, 0.15) is 12.8 Å². The van der Waals surface area contributed by atoms with Crippen LogP contribution >= 0.6 is 0 Å². The van der Waals surface area contributed by atoms with E-state index in [0.29, 0.717) is 13.1 Å². The van der Waals surface area contributed by atoms with E-state index in [1.807, 2.05) is 0 Å². The maximum Gasteiger partial charge on any atom is 0.235 e. The number of hydrogen-bond donors (Lipinski definition) is 0. The van der Waals surface area contributed by atoms with Gasteiger partial charge in [0.1, 0.15) is 0 Å². The molecule has 1 aliphatic heterocycles. The molecule has 0 aliphatic carbocycles. The van der Waals surface area contributed by atoms with Crippen molar-refractivity contribution in [3.63, 3.8) is 0 Å². The van der Waals surface area contributed by atoms with Gasteiger partial charge in [-0.3, -0.25) is 4.79 Å². The molecule has 0 aromatic carbocycles. The average Bonchev–Trinajstić information content (AvgIpc) is 2.07. The fraction of sp³-hybridized carbons (Fsp3) is 0.714. The zero-order valence-corrected chi connectivity index (χ0v) is 6.19. The Hall–Kier alpha value is -1.15. The summed E-state index contributed by atoms with van der Waals surface area (Å²) in [5, 5.41) is 0. The van der Waals surface area contributed by atoms with Gasteiger partial charge in [-0.05, 0) is 12.8 Å². The lowest BCUT2D eigenvalue weighted by atomic mass is 10.1. The minimum Gasteiger partial charge on any atom is -0.345 e. The number of carbonyl (C=O) groups is 1. The number of likely N-dealkylation sites (tertiary alicyclic amines) is 1. The number of carbonyl (C=O) groups excluding carboxylic acids is 2. The number of rotatable bonds is 2. The van der Waals surface area contributed by atoms with Gasteiger partial charge in [-0.25, -0.2) is 9.79 Å². The lowest BCUT2D eigenvalue weighted by molar-refractivity contribution is -0.119. The highest BCUT2D eigenvalue weighted by molar-refractivity contribution is 5.47. The molecule has 1 saturated heterocycles. The molecule has 11 heavy (non-hydrogen) atoms. The molecular weight excluding hydrogens is 144 g/mol. The Bertz CT molecular complexity index is 179. The first-order chi connectivity index (χ1) is 5.36. The topological polar surface area (TPSA) is 49.7 Å². The average molecular weight is 154 g/mol. The van der Waals surface area contributed by atoms with Crippen molar-refractivity contribution in [2.75, 3.05) is 13.1 Å². The van der Waals surface area contributed by atoms with E-state index in [4.69, 9.17) is 0 Å². The van der Waals surface area contributed by atoms with Gasteiger partial charge in [0.05, 0.1) is 6.04 Å². The predicted octanol–water partition coefficient (Wildman–Crippen LogP) is -0.0570. The Labute approximate surface area is 64.9 Å². The Morgan fingerprint density at radius 3 is 2.55 bits per heavy atom. The fourth-order valence-electron chi connectivity index (χ4n) is 1.19. The van der Waals surface area contributed by atoms with Crippen LogP contribution in [0.3, 0.4) is 0 Å². The van der Waals surface area contributed by atoms with Crippen molar-refractivity contribution in [3.05, 3.63) is 0 Å². The van der Waals surface area contributed by atoms with Gasteiger partial charge in [0.15, 0.2) is 0 Å². The molecule has 0 N–H and O–H groups in total. The lowest BCUT2D eigenvalue weighted by Crippen LogP contribution is -2.33. The molecule has 0 aromatic rings. The highest BCUT2D eigenvalue weighted by Gasteiger charge is 2.16. The van der Waals surface area contributed by atoms with Crippen molar-refractivity contribution in [2.45, 2.75) is 18.9 Å². The van der Waals surface area contributed by atoms with Gasteiger partial charge in [-0.15, -0.1) is 0 Å². The lowest BCUT2D eigenvalue weighted by Gasteiger charge is -2.25. The first-order valence-electron chi connectivity index (χ1n) is 3.63. The quantitative estimate of drug-likeness (QED) is 0.318. The Balaban J connectivity index is 2.35. The third-order valence-electron chi connectivity index (χ3n) is 1.88. The maximum atomic E-state index is 10.2. The Morgan fingerprint density at radius 2 is 2.09 bits per heavy atom. The van der Waals surface area contributed by atoms with Crippen LogP contribution in [0.5, 0.6) is 0 Å². The van der Waals surface area contributed by atoms with Gasteiger partial charge in [0.2, 0.25) is 12.5 Å². The van der Waals surface area contributed by atoms with Gasteiger partial charge in [-0.1, -0.05) is 0 Å². The zero-order chi connectivity index (χ0) is 8.10. The number of hydrogen-bond acceptors (Lipinski definition) is 3. The summed E-state index contributed by atoms with van der Waals surface area (Å²) < 4.78 is 0. The molecule has 1 fully saturated rings. The normalized spacial score (nSPS) is 19.1. The Morgan fingerprint density at radius 1 is 1.45 bits per heavy atom. The molecule has 4 heteroatoms. The molecule has 0 aromatic heterocycles. The third-order valence-corrected chi connectivity index (χ3v) is 1.88. The number of amides is 1. The summed E-state index contributed by atoms with van der Waals surface area (Å²) in [5.41, 5.74) is 0. The molecule has 0 spiro atoms. The van der Waals surface area contributed by atoms with E-state index in [1.165, 1.54) is 6.08 Å². The van der Waals surface area contributed by atoms with Gasteiger partial charge >= 0.3 is 0 Å². The molecule has 60 valence electrons. The smallest absolute Gasteiger partial charge is 0.235 e. The van der Waals surface area contributed by atoms with E-state index in [2.05, 4.69) is 4.99 Å². The minimum absolute atomic E-state index is 0.0868. The van der Waals surface area contributed by atoms with Crippen LogP contribution in [0.2, 0.25) is 0 Å². The summed E-state index contributed by atoms with van der Waals surface area (Å²) in [7, 11) is 0. The second-order valence-electron chi connectivity index (χ2n) is 2.59. The molecule has 1 amide bonds. The van der Waals surface area contributed by atoms with Crippen LogP contribution < -0.4 is 0 Å². The molecule has 1 rings (SSSR count). The van der Waals surface area contributed by atoms with Crippen LogP contribution in [-0.2, 0) is 9.59 Å². The summed E-state index contributed by atoms with van der Waals surface area (Å²) >= 11 is 0. The van der Waals surface area contributed by atoms with E-state index >= 15 is 0 Å². The van der Waals surface area contributed by atoms with Crippen molar-refractivity contribution in [2.24, 2.45) is 4.99 Å². The highest BCUT2D eigenvalue weighted by Crippen LogP contribution is 2.10. The van der Waals surface area contributed by atoms with Crippen LogP contribution in [-0.4, -0.2) is 36.5 Å². The predicted molar refractivity (Wildman–Crippen MR) is 38.8 cm³/mol. The largest absolute Gasteiger partial charge is 0.345 e. The maximum absolute atomic E-state index is 10.2. The van der Waals surface area contributed by atoms with Gasteiger partial charge < -0.3 is 4.90 Å². The fourth-order valence-corrected chi connectivity index (χ4v) is 1.19. The summed E-state index contributed by atoms with van der Waals surface area (Å²) in [6, 6.07) is 0.0868. The van der Waals surface area contributed by atoms with Crippen molar-refractivity contribution < 1.29 is 9.59 Å². The molecule has 1 aliphatic rings. The van der Waals surface area contributed by atoms with Crippen molar-refractivity contribution in [1.29, 1.82) is 0 Å². The molecule has 0 radical (unpaired) electrons. The van der Waals surface area contributed by atoms with Crippen LogP contribution in [0, 0.1) is 0 Å². The minimum atomic E-state index is 0.0868. The van der Waals surface area contributed by atoms with Gasteiger partial charge in [-0.2, -0.15) is 0 Å². The van der Waals surface area contributed by atoms with Gasteiger partial charge in [0.25, 0.3) is 0 Å². The van der Waals surface area contributed by atoms with E-state index in [9.17, 15) is 9.59 Å². The number of nitrogens with zero attached hydrogens (tertiary/aromatic N) is 2. The molecule has 0 atom stereocenters. The van der Waals surface area contributed by atoms with Crippen molar-refractivity contribution in [3.8, 4) is 0 Å². The van der Waals surface area contributed by atoms with E-state index in [1.54, 1.807) is 4.90 Å².